The molecule has 0 saturated heterocycles. The number of rotatable bonds is 6. The Balaban J connectivity index is 2.68. The quantitative estimate of drug-likeness (QED) is 0.789. The highest BCUT2D eigenvalue weighted by Crippen LogP contribution is 2.17. The second kappa shape index (κ2) is 6.94. The molecule has 0 aliphatic heterocycles. The molecule has 0 unspecified atom stereocenters. The van der Waals surface area contributed by atoms with Gasteiger partial charge in [-0.25, -0.2) is 0 Å². The third kappa shape index (κ3) is 4.47. The van der Waals surface area contributed by atoms with E-state index >= 15 is 0 Å². The van der Waals surface area contributed by atoms with Crippen molar-refractivity contribution in [1.82, 2.24) is 0 Å². The third-order valence-corrected chi connectivity index (χ3v) is 2.82. The molecule has 0 aromatic heterocycles. The summed E-state index contributed by atoms with van der Waals surface area (Å²) in [7, 11) is 0. The van der Waals surface area contributed by atoms with Crippen LogP contribution in [0.4, 0.5) is 11.4 Å². The van der Waals surface area contributed by atoms with Gasteiger partial charge in [-0.2, -0.15) is 0 Å². The minimum atomic E-state index is 0.0460. The van der Waals surface area contributed by atoms with Crippen LogP contribution >= 0.6 is 0 Å². The molecule has 1 aromatic rings. The number of amides is 1. The molecule has 1 aromatic carbocycles. The van der Waals surface area contributed by atoms with Gasteiger partial charge in [-0.05, 0) is 31.0 Å². The first-order chi connectivity index (χ1) is 8.19. The summed E-state index contributed by atoms with van der Waals surface area (Å²) in [5.41, 5.74) is 1.92. The fraction of sp³-hybridized carbons (Fsp3) is 0.500. The maximum atomic E-state index is 11.3. The zero-order chi connectivity index (χ0) is 12.7. The van der Waals surface area contributed by atoms with Crippen molar-refractivity contribution in [3.63, 3.8) is 0 Å². The molecule has 0 atom stereocenters. The highest BCUT2D eigenvalue weighted by molar-refractivity contribution is 5.90. The smallest absolute Gasteiger partial charge is 0.224 e. The van der Waals surface area contributed by atoms with Gasteiger partial charge in [0.2, 0.25) is 5.91 Å². The number of hydrogen-bond acceptors (Lipinski definition) is 2. The van der Waals surface area contributed by atoms with Gasteiger partial charge in [0.15, 0.2) is 0 Å². The summed E-state index contributed by atoms with van der Waals surface area (Å²) in [6.07, 6.45) is 2.70. The number of hydrogen-bond donors (Lipinski definition) is 2. The topological polar surface area (TPSA) is 41.1 Å². The Morgan fingerprint density at radius 2 is 1.82 bits per heavy atom. The Morgan fingerprint density at radius 3 is 2.41 bits per heavy atom. The highest BCUT2D eigenvalue weighted by atomic mass is 16.1. The Labute approximate surface area is 104 Å². The SMILES string of the molecule is CCC(=O)Nc1cccc(NC(CC)CC)c1. The van der Waals surface area contributed by atoms with Gasteiger partial charge in [0.05, 0.1) is 0 Å². The van der Waals surface area contributed by atoms with Crippen molar-refractivity contribution in [2.75, 3.05) is 10.6 Å². The summed E-state index contributed by atoms with van der Waals surface area (Å²) in [5, 5.41) is 6.32. The molecule has 3 heteroatoms. The van der Waals surface area contributed by atoms with E-state index in [4.69, 9.17) is 0 Å². The molecule has 0 radical (unpaired) electrons. The van der Waals surface area contributed by atoms with E-state index in [-0.39, 0.29) is 5.91 Å². The Morgan fingerprint density at radius 1 is 1.18 bits per heavy atom. The normalized spacial score (nSPS) is 10.4. The maximum Gasteiger partial charge on any atom is 0.224 e. The van der Waals surface area contributed by atoms with Crippen molar-refractivity contribution in [3.05, 3.63) is 24.3 Å². The van der Waals surface area contributed by atoms with Crippen LogP contribution < -0.4 is 10.6 Å². The van der Waals surface area contributed by atoms with Gasteiger partial charge in [-0.3, -0.25) is 4.79 Å². The Kier molecular flexibility index (Phi) is 5.53. The van der Waals surface area contributed by atoms with Crippen LogP contribution in [0, 0.1) is 0 Å². The van der Waals surface area contributed by atoms with E-state index in [0.29, 0.717) is 12.5 Å². The second-order valence-electron chi connectivity index (χ2n) is 4.14. The van der Waals surface area contributed by atoms with Crippen LogP contribution in [0.1, 0.15) is 40.0 Å². The highest BCUT2D eigenvalue weighted by Gasteiger charge is 2.04. The van der Waals surface area contributed by atoms with E-state index in [1.807, 2.05) is 31.2 Å². The summed E-state index contributed by atoms with van der Waals surface area (Å²) >= 11 is 0. The van der Waals surface area contributed by atoms with Gasteiger partial charge < -0.3 is 10.6 Å². The van der Waals surface area contributed by atoms with Gasteiger partial charge in [-0.15, -0.1) is 0 Å². The number of carbonyl (C=O) groups excluding carboxylic acids is 1. The van der Waals surface area contributed by atoms with Gasteiger partial charge in [-0.1, -0.05) is 26.8 Å². The molecule has 0 fully saturated rings. The molecule has 94 valence electrons. The van der Waals surface area contributed by atoms with E-state index in [1.165, 1.54) is 0 Å². The minimum absolute atomic E-state index is 0.0460. The molecule has 17 heavy (non-hydrogen) atoms. The van der Waals surface area contributed by atoms with Crippen LogP contribution in [0.15, 0.2) is 24.3 Å². The van der Waals surface area contributed by atoms with Crippen LogP contribution in [0.2, 0.25) is 0 Å². The summed E-state index contributed by atoms with van der Waals surface area (Å²) < 4.78 is 0. The Bertz CT molecular complexity index is 359. The average Bonchev–Trinajstić information content (AvgIpc) is 2.36. The molecule has 3 nitrogen and oxygen atoms in total. The summed E-state index contributed by atoms with van der Waals surface area (Å²) in [6.45, 7) is 6.19. The lowest BCUT2D eigenvalue weighted by atomic mass is 10.1. The first-order valence-electron chi connectivity index (χ1n) is 6.36. The predicted molar refractivity (Wildman–Crippen MR) is 73.4 cm³/mol. The van der Waals surface area contributed by atoms with Gasteiger partial charge in [0.25, 0.3) is 0 Å². The Hall–Kier alpha value is -1.51. The molecular weight excluding hydrogens is 212 g/mol. The number of benzene rings is 1. The van der Waals surface area contributed by atoms with E-state index < -0.39 is 0 Å². The predicted octanol–water partition coefficient (Wildman–Crippen LogP) is 3.64. The van der Waals surface area contributed by atoms with Crippen LogP contribution in [0.5, 0.6) is 0 Å². The number of anilines is 2. The molecule has 0 saturated carbocycles. The molecule has 0 heterocycles. The monoisotopic (exact) mass is 234 g/mol. The second-order valence-corrected chi connectivity index (χ2v) is 4.14. The van der Waals surface area contributed by atoms with Crippen LogP contribution in [0.25, 0.3) is 0 Å². The minimum Gasteiger partial charge on any atom is -0.382 e. The molecule has 1 rings (SSSR count). The fourth-order valence-corrected chi connectivity index (χ4v) is 1.66. The molecule has 2 N–H and O–H groups in total. The van der Waals surface area contributed by atoms with Crippen molar-refractivity contribution in [2.24, 2.45) is 0 Å². The van der Waals surface area contributed by atoms with E-state index in [1.54, 1.807) is 0 Å². The fourth-order valence-electron chi connectivity index (χ4n) is 1.66. The average molecular weight is 234 g/mol. The lowest BCUT2D eigenvalue weighted by Gasteiger charge is -2.16. The zero-order valence-electron chi connectivity index (χ0n) is 10.9. The molecule has 0 spiro atoms. The maximum absolute atomic E-state index is 11.3. The van der Waals surface area contributed by atoms with E-state index in [0.717, 1.165) is 24.2 Å². The lowest BCUT2D eigenvalue weighted by molar-refractivity contribution is -0.115. The van der Waals surface area contributed by atoms with Crippen LogP contribution in [0.3, 0.4) is 0 Å². The van der Waals surface area contributed by atoms with Crippen molar-refractivity contribution in [2.45, 2.75) is 46.1 Å². The van der Waals surface area contributed by atoms with E-state index in [9.17, 15) is 4.79 Å². The number of carbonyl (C=O) groups is 1. The van der Waals surface area contributed by atoms with E-state index in [2.05, 4.69) is 24.5 Å². The molecule has 1 amide bonds. The van der Waals surface area contributed by atoms with Crippen molar-refractivity contribution in [3.8, 4) is 0 Å². The largest absolute Gasteiger partial charge is 0.382 e. The first kappa shape index (κ1) is 13.6. The van der Waals surface area contributed by atoms with Crippen LogP contribution in [-0.2, 0) is 4.79 Å². The van der Waals surface area contributed by atoms with Gasteiger partial charge in [0, 0.05) is 23.8 Å². The molecule has 0 aliphatic rings. The van der Waals surface area contributed by atoms with Crippen LogP contribution in [-0.4, -0.2) is 11.9 Å². The van der Waals surface area contributed by atoms with Gasteiger partial charge >= 0.3 is 0 Å². The lowest BCUT2D eigenvalue weighted by Crippen LogP contribution is -2.17. The third-order valence-electron chi connectivity index (χ3n) is 2.82. The number of nitrogens with one attached hydrogen (secondary N) is 2. The first-order valence-corrected chi connectivity index (χ1v) is 6.36. The summed E-state index contributed by atoms with van der Waals surface area (Å²) in [6, 6.07) is 8.36. The standard InChI is InChI=1S/C14H22N2O/c1-4-11(5-2)15-12-8-7-9-13(10-12)16-14(17)6-3/h7-11,15H,4-6H2,1-3H3,(H,16,17). The molecule has 0 aliphatic carbocycles. The van der Waals surface area contributed by atoms with Gasteiger partial charge in [0.1, 0.15) is 0 Å². The summed E-state index contributed by atoms with van der Waals surface area (Å²) in [5.74, 6) is 0.0460. The molecular formula is C14H22N2O. The van der Waals surface area contributed by atoms with Crippen molar-refractivity contribution in [1.29, 1.82) is 0 Å². The van der Waals surface area contributed by atoms with Crippen molar-refractivity contribution >= 4 is 17.3 Å². The summed E-state index contributed by atoms with van der Waals surface area (Å²) in [4.78, 5) is 11.3. The van der Waals surface area contributed by atoms with Crippen molar-refractivity contribution < 1.29 is 4.79 Å². The zero-order valence-corrected chi connectivity index (χ0v) is 10.9. The molecule has 0 bridgehead atoms.